The number of fused-ring (bicyclic) bond motifs is 3. The Kier molecular flexibility index (Phi) is 17.6. The first-order valence-electron chi connectivity index (χ1n) is 28.9. The number of hydrogen-bond acceptors (Lipinski definition) is 15. The molecule has 0 spiro atoms. The maximum Gasteiger partial charge on any atom is 0.358 e. The van der Waals surface area contributed by atoms with Gasteiger partial charge in [-0.2, -0.15) is 5.10 Å². The number of anilines is 3. The Balaban J connectivity index is 0.755. The number of amides is 4. The third-order valence-corrected chi connectivity index (χ3v) is 18.6. The number of hydrogen-bond donors (Lipinski definition) is 2. The van der Waals surface area contributed by atoms with E-state index < -0.39 is 25.6 Å². The molecule has 7 heterocycles. The molecule has 0 saturated carbocycles. The predicted octanol–water partition coefficient (Wildman–Crippen LogP) is 10.8. The van der Waals surface area contributed by atoms with Gasteiger partial charge in [0.15, 0.2) is 10.8 Å². The van der Waals surface area contributed by atoms with E-state index in [-0.39, 0.29) is 55.1 Å². The number of pyridine rings is 2. The van der Waals surface area contributed by atoms with Crippen molar-refractivity contribution < 1.29 is 38.2 Å². The summed E-state index contributed by atoms with van der Waals surface area (Å²) in [7, 11) is 0.429. The monoisotopic (exact) mass is 1160 g/mol. The zero-order valence-corrected chi connectivity index (χ0v) is 51.0. The van der Waals surface area contributed by atoms with Gasteiger partial charge in [-0.15, -0.1) is 0 Å². The van der Waals surface area contributed by atoms with Gasteiger partial charge in [0.25, 0.3) is 5.91 Å². The first kappa shape index (κ1) is 58.8. The van der Waals surface area contributed by atoms with Gasteiger partial charge >= 0.3 is 5.97 Å². The van der Waals surface area contributed by atoms with Crippen LogP contribution in [0.1, 0.15) is 115 Å². The van der Waals surface area contributed by atoms with Gasteiger partial charge < -0.3 is 24.4 Å². The quantitative estimate of drug-likeness (QED) is 0.0254. The van der Waals surface area contributed by atoms with Crippen LogP contribution in [0.5, 0.6) is 5.75 Å². The molecule has 2 saturated heterocycles. The number of carbonyl (C=O) groups excluding carboxylic acids is 5. The molecule has 0 aliphatic carbocycles. The molecule has 0 bridgehead atoms. The van der Waals surface area contributed by atoms with Crippen molar-refractivity contribution in [3.63, 3.8) is 0 Å². The average Bonchev–Trinajstić information content (AvgIpc) is 4.23. The van der Waals surface area contributed by atoms with E-state index in [1.54, 1.807) is 15.8 Å². The Bertz CT molecular complexity index is 3560. The van der Waals surface area contributed by atoms with Gasteiger partial charge in [-0.25, -0.2) is 14.8 Å². The number of carbonyl (C=O) groups is 5. The van der Waals surface area contributed by atoms with Crippen LogP contribution in [0, 0.1) is 12.8 Å². The average molecular weight is 1160 g/mol. The van der Waals surface area contributed by atoms with Gasteiger partial charge in [0.2, 0.25) is 17.7 Å². The van der Waals surface area contributed by atoms with Gasteiger partial charge in [-0.3, -0.25) is 44.0 Å². The molecule has 0 radical (unpaired) electrons. The van der Waals surface area contributed by atoms with Crippen molar-refractivity contribution in [2.45, 2.75) is 129 Å². The maximum absolute atomic E-state index is 14.8. The molecule has 20 heteroatoms. The van der Waals surface area contributed by atoms with E-state index in [1.807, 2.05) is 114 Å². The molecule has 4 aromatic heterocycles. The van der Waals surface area contributed by atoms with E-state index in [0.29, 0.717) is 78.7 Å². The zero-order valence-electron chi connectivity index (χ0n) is 49.2. The number of benzene rings is 3. The second kappa shape index (κ2) is 24.8. The molecule has 2 fully saturated rings. The molecule has 3 aromatic carbocycles. The molecule has 4 amide bonds. The van der Waals surface area contributed by atoms with Crippen LogP contribution in [0.4, 0.5) is 16.6 Å². The Morgan fingerprint density at radius 3 is 2.48 bits per heavy atom. The highest BCUT2D eigenvalue weighted by molar-refractivity contribution is 7.22. The number of aryl methyl sites for hydroxylation is 2. The molecule has 3 aliphatic heterocycles. The smallest absolute Gasteiger partial charge is 0.358 e. The lowest BCUT2D eigenvalue weighted by Gasteiger charge is -2.37. The van der Waals surface area contributed by atoms with Crippen LogP contribution >= 0.6 is 11.3 Å². The molecule has 83 heavy (non-hydrogen) atoms. The molecule has 436 valence electrons. The summed E-state index contributed by atoms with van der Waals surface area (Å²) in [6, 6.07) is 26.4. The van der Waals surface area contributed by atoms with Crippen molar-refractivity contribution in [3.05, 3.63) is 119 Å². The molecule has 3 aliphatic rings. The van der Waals surface area contributed by atoms with Crippen molar-refractivity contribution in [1.29, 1.82) is 0 Å². The van der Waals surface area contributed by atoms with Crippen LogP contribution in [-0.4, -0.2) is 119 Å². The van der Waals surface area contributed by atoms with Crippen molar-refractivity contribution in [2.75, 3.05) is 54.7 Å². The van der Waals surface area contributed by atoms with Crippen molar-refractivity contribution >= 4 is 86.8 Å². The number of likely N-dealkylation sites (tertiary alicyclic amines) is 1. The number of nitrogens with zero attached hydrogens (tertiary/aromatic N) is 8. The van der Waals surface area contributed by atoms with Crippen LogP contribution in [-0.2, 0) is 43.9 Å². The minimum atomic E-state index is -1.38. The van der Waals surface area contributed by atoms with Gasteiger partial charge in [0, 0.05) is 75.7 Å². The van der Waals surface area contributed by atoms with Gasteiger partial charge in [0.1, 0.15) is 29.6 Å². The van der Waals surface area contributed by atoms with Crippen LogP contribution in [0.3, 0.4) is 0 Å². The number of thiazole rings is 1. The number of para-hydroxylation sites is 1. The predicted molar refractivity (Wildman–Crippen MR) is 327 cm³/mol. The Morgan fingerprint density at radius 1 is 0.916 bits per heavy atom. The van der Waals surface area contributed by atoms with E-state index in [0.717, 1.165) is 87.4 Å². The highest BCUT2D eigenvalue weighted by Gasteiger charge is 2.34. The molecule has 1 unspecified atom stereocenters. The fourth-order valence-corrected chi connectivity index (χ4v) is 13.1. The third kappa shape index (κ3) is 14.0. The number of aromatic nitrogens is 5. The van der Waals surface area contributed by atoms with Gasteiger partial charge in [0.05, 0.1) is 40.5 Å². The number of rotatable bonds is 19. The summed E-state index contributed by atoms with van der Waals surface area (Å²) in [5.41, 5.74) is 6.92. The van der Waals surface area contributed by atoms with Crippen molar-refractivity contribution in [2.24, 2.45) is 13.0 Å². The second-order valence-corrected chi connectivity index (χ2v) is 31.2. The number of imide groups is 1. The summed E-state index contributed by atoms with van der Waals surface area (Å²) >= 11 is 1.45. The SMILES string of the molecule is Cc1cc(OCCC[C@H]2CCN(CC(=O)Nc3ccc4c(C5CCC(=O)NC5=O)nn(C)c4c3)[C@@H](C)C2)ccc1-c1ccc(N2CCc3ccnc(C(=O)N(COCC[Si](C)(C)C)c4nc5ccccc5s4)c3C2)nc1C(=O)OC(C)(C)C. The summed E-state index contributed by atoms with van der Waals surface area (Å²) < 4.78 is 21.2. The topological polar surface area (TPSA) is 203 Å². The summed E-state index contributed by atoms with van der Waals surface area (Å²) in [6.45, 7) is 19.9. The van der Waals surface area contributed by atoms with Crippen molar-refractivity contribution in [1.82, 2.24) is 34.9 Å². The van der Waals surface area contributed by atoms with Crippen LogP contribution in [0.15, 0.2) is 85.1 Å². The lowest BCUT2D eigenvalue weighted by Crippen LogP contribution is -2.44. The van der Waals surface area contributed by atoms with Crippen molar-refractivity contribution in [3.8, 4) is 16.9 Å². The largest absolute Gasteiger partial charge is 0.494 e. The van der Waals surface area contributed by atoms with Crippen LogP contribution in [0.25, 0.3) is 32.2 Å². The summed E-state index contributed by atoms with van der Waals surface area (Å²) in [4.78, 5) is 87.2. The molecule has 18 nitrogen and oxygen atoms in total. The van der Waals surface area contributed by atoms with Gasteiger partial charge in [-0.05, 0) is 169 Å². The lowest BCUT2D eigenvalue weighted by molar-refractivity contribution is -0.134. The van der Waals surface area contributed by atoms with Crippen LogP contribution < -0.4 is 25.2 Å². The molecule has 7 aromatic rings. The minimum Gasteiger partial charge on any atom is -0.494 e. The Hall–Kier alpha value is -7.39. The van der Waals surface area contributed by atoms with E-state index in [1.165, 1.54) is 11.3 Å². The molecular weight excluding hydrogens is 1080 g/mol. The zero-order chi connectivity index (χ0) is 58.7. The minimum absolute atomic E-state index is 0.0501. The lowest BCUT2D eigenvalue weighted by atomic mass is 9.88. The number of nitrogens with one attached hydrogen (secondary N) is 2. The number of piperidine rings is 2. The molecule has 10 rings (SSSR count). The highest BCUT2D eigenvalue weighted by atomic mass is 32.1. The summed E-state index contributed by atoms with van der Waals surface area (Å²) in [5, 5.41) is 11.5. The molecule has 3 atom stereocenters. The molecule has 2 N–H and O–H groups in total. The van der Waals surface area contributed by atoms with E-state index in [4.69, 9.17) is 29.2 Å². The van der Waals surface area contributed by atoms with E-state index in [2.05, 4.69) is 52.1 Å². The normalized spacial score (nSPS) is 17.8. The summed E-state index contributed by atoms with van der Waals surface area (Å²) in [6.07, 6.45) is 6.91. The maximum atomic E-state index is 14.8. The summed E-state index contributed by atoms with van der Waals surface area (Å²) in [5.74, 6) is -0.145. The Labute approximate surface area is 490 Å². The third-order valence-electron chi connectivity index (χ3n) is 15.8. The fourth-order valence-electron chi connectivity index (χ4n) is 11.4. The molecular formula is C63H76N10O8SSi. The van der Waals surface area contributed by atoms with Crippen LogP contribution in [0.2, 0.25) is 25.7 Å². The standard InChI is InChI=1S/C63H76N10O8SSi/c1-39-33-44(80-30-12-13-41-25-28-71(40(2)34-41)37-55(75)65-43-16-18-47-51(35-43)70(6)69-56(47)48-21-23-54(74)68-59(48)76)17-19-45(39)46-20-22-53(67-58(46)61(78)81-63(3,4)5)72-29-26-42-24-27-64-57(49(42)36-72)60(77)73(38-79-31-32-83(7,8)9)62-66-50-14-10-11-15-52(50)82-62/h10-11,14-20,22,24,27,33,35,40-41,48H,12-13,21,23,25-26,28-32,34,36-38H2,1-9H3,(H,65,75)(H,68,74,76)/t40-,41-,48?/m0/s1. The first-order chi connectivity index (χ1) is 39.6. The first-order valence-corrected chi connectivity index (χ1v) is 33.5. The highest BCUT2D eigenvalue weighted by Crippen LogP contribution is 2.37. The number of esters is 1. The Morgan fingerprint density at radius 2 is 1.72 bits per heavy atom. The van der Waals surface area contributed by atoms with Gasteiger partial charge in [-0.1, -0.05) is 49.2 Å². The number of ether oxygens (including phenoxy) is 3. The fraction of sp³-hybridized carbons (Fsp3) is 0.444. The van der Waals surface area contributed by atoms with E-state index in [9.17, 15) is 24.0 Å². The second-order valence-electron chi connectivity index (χ2n) is 24.6. The van der Waals surface area contributed by atoms with E-state index >= 15 is 0 Å².